The third-order valence-corrected chi connectivity index (χ3v) is 3.61. The van der Waals surface area contributed by atoms with Gasteiger partial charge >= 0.3 is 5.97 Å². The molecule has 0 aliphatic carbocycles. The summed E-state index contributed by atoms with van der Waals surface area (Å²) in [4.78, 5) is 11.1. The second kappa shape index (κ2) is 5.07. The van der Waals surface area contributed by atoms with Crippen LogP contribution >= 0.6 is 11.6 Å². The van der Waals surface area contributed by atoms with Crippen LogP contribution in [0, 0.1) is 0 Å². The molecule has 0 bridgehead atoms. The van der Waals surface area contributed by atoms with Crippen LogP contribution in [-0.2, 0) is 14.9 Å². The van der Waals surface area contributed by atoms with Gasteiger partial charge in [0.25, 0.3) is 0 Å². The first-order chi connectivity index (χ1) is 8.12. The minimum Gasteiger partial charge on any atom is -0.481 e. The van der Waals surface area contributed by atoms with Gasteiger partial charge in [-0.3, -0.25) is 4.79 Å². The first kappa shape index (κ1) is 12.4. The second-order valence-electron chi connectivity index (χ2n) is 4.47. The fraction of sp³-hybridized carbons (Fsp3) is 0.462. The molecule has 1 saturated heterocycles. The minimum atomic E-state index is -0.771. The molecule has 1 N–H and O–H groups in total. The summed E-state index contributed by atoms with van der Waals surface area (Å²) in [5.74, 6) is -0.771. The number of hydrogen-bond donors (Lipinski definition) is 1. The fourth-order valence-electron chi connectivity index (χ4n) is 2.44. The lowest BCUT2D eigenvalue weighted by Gasteiger charge is -2.36. The summed E-state index contributed by atoms with van der Waals surface area (Å²) >= 11 is 5.98. The number of halogens is 1. The molecule has 1 aliphatic rings. The van der Waals surface area contributed by atoms with E-state index in [2.05, 4.69) is 0 Å². The molecule has 0 atom stereocenters. The molecule has 0 amide bonds. The number of benzene rings is 1. The molecule has 1 aliphatic heterocycles. The first-order valence-corrected chi connectivity index (χ1v) is 6.06. The molecular formula is C13H15ClO3. The third kappa shape index (κ3) is 2.79. The van der Waals surface area contributed by atoms with E-state index in [1.165, 1.54) is 0 Å². The van der Waals surface area contributed by atoms with Crippen LogP contribution in [0.2, 0.25) is 5.02 Å². The van der Waals surface area contributed by atoms with Gasteiger partial charge in [0, 0.05) is 23.7 Å². The van der Waals surface area contributed by atoms with Crippen molar-refractivity contribution in [1.82, 2.24) is 0 Å². The summed E-state index contributed by atoms with van der Waals surface area (Å²) in [6.45, 7) is 1.22. The summed E-state index contributed by atoms with van der Waals surface area (Å²) in [5, 5.41) is 9.74. The molecule has 0 aromatic heterocycles. The van der Waals surface area contributed by atoms with Gasteiger partial charge in [0.2, 0.25) is 0 Å². The van der Waals surface area contributed by atoms with E-state index in [-0.39, 0.29) is 11.8 Å². The third-order valence-electron chi connectivity index (χ3n) is 3.38. The average molecular weight is 255 g/mol. The van der Waals surface area contributed by atoms with Crippen molar-refractivity contribution in [3.8, 4) is 0 Å². The first-order valence-electron chi connectivity index (χ1n) is 5.68. The molecule has 1 fully saturated rings. The van der Waals surface area contributed by atoms with Crippen LogP contribution in [0.3, 0.4) is 0 Å². The van der Waals surface area contributed by atoms with Crippen LogP contribution in [0.5, 0.6) is 0 Å². The lowest BCUT2D eigenvalue weighted by atomic mass is 9.72. The summed E-state index contributed by atoms with van der Waals surface area (Å²) in [5.41, 5.74) is 0.685. The maximum absolute atomic E-state index is 11.1. The second-order valence-corrected chi connectivity index (χ2v) is 4.91. The highest BCUT2D eigenvalue weighted by Gasteiger charge is 2.36. The standard InChI is InChI=1S/C13H15ClO3/c14-11-3-1-2-10(8-11)13(9-12(15)16)4-6-17-7-5-13/h1-3,8H,4-7,9H2,(H,15,16). The van der Waals surface area contributed by atoms with E-state index < -0.39 is 5.97 Å². The zero-order valence-electron chi connectivity index (χ0n) is 9.49. The Morgan fingerprint density at radius 3 is 2.71 bits per heavy atom. The topological polar surface area (TPSA) is 46.5 Å². The van der Waals surface area contributed by atoms with Crippen molar-refractivity contribution in [3.05, 3.63) is 34.9 Å². The van der Waals surface area contributed by atoms with Crippen molar-refractivity contribution in [2.24, 2.45) is 0 Å². The number of ether oxygens (including phenoxy) is 1. The zero-order chi connectivity index (χ0) is 12.3. The highest BCUT2D eigenvalue weighted by atomic mass is 35.5. The van der Waals surface area contributed by atoms with E-state index in [1.54, 1.807) is 6.07 Å². The van der Waals surface area contributed by atoms with Crippen LogP contribution in [0.4, 0.5) is 0 Å². The summed E-state index contributed by atoms with van der Waals surface area (Å²) < 4.78 is 5.33. The van der Waals surface area contributed by atoms with Crippen LogP contribution in [0.1, 0.15) is 24.8 Å². The molecule has 17 heavy (non-hydrogen) atoms. The van der Waals surface area contributed by atoms with Gasteiger partial charge in [-0.1, -0.05) is 23.7 Å². The van der Waals surface area contributed by atoms with E-state index in [9.17, 15) is 4.79 Å². The van der Waals surface area contributed by atoms with Gasteiger partial charge in [-0.2, -0.15) is 0 Å². The van der Waals surface area contributed by atoms with E-state index >= 15 is 0 Å². The Kier molecular flexibility index (Phi) is 3.69. The molecule has 0 saturated carbocycles. The predicted octanol–water partition coefficient (Wildman–Crippen LogP) is 2.86. The van der Waals surface area contributed by atoms with E-state index in [1.807, 2.05) is 18.2 Å². The Morgan fingerprint density at radius 1 is 1.41 bits per heavy atom. The number of aliphatic carboxylic acids is 1. The van der Waals surface area contributed by atoms with Crippen LogP contribution in [-0.4, -0.2) is 24.3 Å². The zero-order valence-corrected chi connectivity index (χ0v) is 10.2. The van der Waals surface area contributed by atoms with E-state index in [4.69, 9.17) is 21.4 Å². The molecule has 1 aromatic rings. The summed E-state index contributed by atoms with van der Waals surface area (Å²) in [7, 11) is 0. The number of rotatable bonds is 3. The largest absolute Gasteiger partial charge is 0.481 e. The van der Waals surface area contributed by atoms with Crippen LogP contribution in [0.25, 0.3) is 0 Å². The number of carboxylic acids is 1. The summed E-state index contributed by atoms with van der Waals surface area (Å²) in [6, 6.07) is 7.51. The lowest BCUT2D eigenvalue weighted by molar-refractivity contribution is -0.139. The average Bonchev–Trinajstić information content (AvgIpc) is 2.29. The molecule has 0 unspecified atom stereocenters. The smallest absolute Gasteiger partial charge is 0.304 e. The SMILES string of the molecule is O=C(O)CC1(c2cccc(Cl)c2)CCOCC1. The minimum absolute atomic E-state index is 0.136. The highest BCUT2D eigenvalue weighted by Crippen LogP contribution is 2.38. The van der Waals surface area contributed by atoms with Crippen molar-refractivity contribution < 1.29 is 14.6 Å². The highest BCUT2D eigenvalue weighted by molar-refractivity contribution is 6.30. The number of carbonyl (C=O) groups is 1. The van der Waals surface area contributed by atoms with Gasteiger partial charge in [-0.25, -0.2) is 0 Å². The van der Waals surface area contributed by atoms with Crippen LogP contribution < -0.4 is 0 Å². The normalized spacial score (nSPS) is 18.9. The number of carboxylic acid groups (broad SMARTS) is 1. The molecule has 1 aromatic carbocycles. The van der Waals surface area contributed by atoms with Gasteiger partial charge < -0.3 is 9.84 Å². The van der Waals surface area contributed by atoms with Gasteiger partial charge in [0.1, 0.15) is 0 Å². The Balaban J connectivity index is 2.35. The molecule has 0 spiro atoms. The van der Waals surface area contributed by atoms with Crippen molar-refractivity contribution in [1.29, 1.82) is 0 Å². The lowest BCUT2D eigenvalue weighted by Crippen LogP contribution is -2.36. The van der Waals surface area contributed by atoms with E-state index in [0.717, 1.165) is 18.4 Å². The van der Waals surface area contributed by atoms with Crippen molar-refractivity contribution >= 4 is 17.6 Å². The quantitative estimate of drug-likeness (QED) is 0.902. The van der Waals surface area contributed by atoms with Gasteiger partial charge in [0.15, 0.2) is 0 Å². The molecular weight excluding hydrogens is 240 g/mol. The van der Waals surface area contributed by atoms with Gasteiger partial charge in [-0.05, 0) is 30.5 Å². The van der Waals surface area contributed by atoms with Crippen LogP contribution in [0.15, 0.2) is 24.3 Å². The molecule has 1 heterocycles. The molecule has 3 nitrogen and oxygen atoms in total. The van der Waals surface area contributed by atoms with Crippen molar-refractivity contribution in [3.63, 3.8) is 0 Å². The van der Waals surface area contributed by atoms with Crippen molar-refractivity contribution in [2.75, 3.05) is 13.2 Å². The molecule has 2 rings (SSSR count). The Bertz CT molecular complexity index is 411. The number of hydrogen-bond acceptors (Lipinski definition) is 2. The van der Waals surface area contributed by atoms with Crippen molar-refractivity contribution in [2.45, 2.75) is 24.7 Å². The molecule has 0 radical (unpaired) electrons. The Labute approximate surface area is 105 Å². The summed E-state index contributed by atoms with van der Waals surface area (Å²) in [6.07, 6.45) is 1.61. The fourth-order valence-corrected chi connectivity index (χ4v) is 2.63. The molecule has 92 valence electrons. The van der Waals surface area contributed by atoms with Gasteiger partial charge in [-0.15, -0.1) is 0 Å². The Morgan fingerprint density at radius 2 is 2.12 bits per heavy atom. The predicted molar refractivity (Wildman–Crippen MR) is 65.4 cm³/mol. The maximum Gasteiger partial charge on any atom is 0.304 e. The monoisotopic (exact) mass is 254 g/mol. The van der Waals surface area contributed by atoms with Gasteiger partial charge in [0.05, 0.1) is 6.42 Å². The Hall–Kier alpha value is -1.06. The van der Waals surface area contributed by atoms with E-state index in [0.29, 0.717) is 18.2 Å². The maximum atomic E-state index is 11.1. The molecule has 4 heteroatoms.